The third kappa shape index (κ3) is 1.42. The van der Waals surface area contributed by atoms with Crippen LogP contribution in [-0.4, -0.2) is 15.8 Å². The highest BCUT2D eigenvalue weighted by molar-refractivity contribution is 7.98. The summed E-state index contributed by atoms with van der Waals surface area (Å²) in [7, 11) is 0. The molecule has 0 fully saturated rings. The molecule has 0 amide bonds. The van der Waals surface area contributed by atoms with Crippen LogP contribution in [0, 0.1) is 6.92 Å². The smallest absolute Gasteiger partial charge is 0.107 e. The zero-order valence-electron chi connectivity index (χ0n) is 8.69. The zero-order valence-corrected chi connectivity index (χ0v) is 9.51. The predicted molar refractivity (Wildman–Crippen MR) is 62.7 cm³/mol. The van der Waals surface area contributed by atoms with Crippen molar-refractivity contribution < 1.29 is 0 Å². The summed E-state index contributed by atoms with van der Waals surface area (Å²) in [5.74, 6) is 1.09. The van der Waals surface area contributed by atoms with Crippen molar-refractivity contribution in [2.45, 2.75) is 19.2 Å². The first-order valence-electron chi connectivity index (χ1n) is 4.70. The van der Waals surface area contributed by atoms with Crippen LogP contribution in [0.4, 0.5) is 0 Å². The first kappa shape index (κ1) is 9.59. The molecule has 0 saturated heterocycles. The van der Waals surface area contributed by atoms with E-state index in [0.29, 0.717) is 5.37 Å². The van der Waals surface area contributed by atoms with Crippen LogP contribution in [0.2, 0.25) is 0 Å². The number of benzene rings is 1. The van der Waals surface area contributed by atoms with E-state index in [0.717, 1.165) is 11.3 Å². The van der Waals surface area contributed by atoms with E-state index < -0.39 is 0 Å². The number of aryl methyl sites for hydroxylation is 1. The van der Waals surface area contributed by atoms with E-state index in [9.17, 15) is 0 Å². The normalized spacial score (nSPS) is 13.4. The van der Waals surface area contributed by atoms with Crippen LogP contribution >= 0.6 is 11.8 Å². The largest absolute Gasteiger partial charge is 0.316 e. The molecule has 0 N–H and O–H groups in total. The number of para-hydroxylation sites is 2. The van der Waals surface area contributed by atoms with E-state index in [4.69, 9.17) is 0 Å². The maximum Gasteiger partial charge on any atom is 0.107 e. The Morgan fingerprint density at radius 3 is 2.79 bits per heavy atom. The van der Waals surface area contributed by atoms with Gasteiger partial charge in [0.15, 0.2) is 0 Å². The van der Waals surface area contributed by atoms with Gasteiger partial charge in [-0.2, -0.15) is 0 Å². The second kappa shape index (κ2) is 3.65. The Morgan fingerprint density at radius 2 is 2.07 bits per heavy atom. The van der Waals surface area contributed by atoms with E-state index >= 15 is 0 Å². The maximum atomic E-state index is 4.53. The molecule has 0 aliphatic rings. The molecular weight excluding hydrogens is 192 g/mol. The fourth-order valence-electron chi connectivity index (χ4n) is 1.73. The number of thioether (sulfide) groups is 1. The van der Waals surface area contributed by atoms with Crippen molar-refractivity contribution in [3.05, 3.63) is 30.1 Å². The predicted octanol–water partition coefficient (Wildman–Crippen LogP) is 3.23. The number of nitrogens with zero attached hydrogens (tertiary/aromatic N) is 2. The van der Waals surface area contributed by atoms with Crippen molar-refractivity contribution >= 4 is 22.8 Å². The molecule has 0 aliphatic carbocycles. The van der Waals surface area contributed by atoms with Gasteiger partial charge in [-0.15, -0.1) is 11.8 Å². The van der Waals surface area contributed by atoms with Crippen molar-refractivity contribution in [2.75, 3.05) is 6.26 Å². The molecule has 1 aromatic heterocycles. The van der Waals surface area contributed by atoms with Gasteiger partial charge in [-0.25, -0.2) is 4.98 Å². The van der Waals surface area contributed by atoms with E-state index in [1.807, 2.05) is 17.8 Å². The third-order valence-electron chi connectivity index (χ3n) is 2.48. The van der Waals surface area contributed by atoms with Crippen molar-refractivity contribution in [1.82, 2.24) is 9.55 Å². The summed E-state index contributed by atoms with van der Waals surface area (Å²) in [4.78, 5) is 4.53. The second-order valence-corrected chi connectivity index (χ2v) is 4.51. The molecule has 1 aromatic carbocycles. The SMILES string of the molecule is CSC(C)n1c(C)nc2ccccc21. The lowest BCUT2D eigenvalue weighted by Gasteiger charge is -2.13. The van der Waals surface area contributed by atoms with Gasteiger partial charge in [0.25, 0.3) is 0 Å². The lowest BCUT2D eigenvalue weighted by molar-refractivity contribution is 0.734. The first-order chi connectivity index (χ1) is 6.74. The molecule has 74 valence electrons. The molecular formula is C11H14N2S. The molecule has 2 aromatic rings. The summed E-state index contributed by atoms with van der Waals surface area (Å²) in [6, 6.07) is 8.28. The molecule has 0 radical (unpaired) electrons. The summed E-state index contributed by atoms with van der Waals surface area (Å²) in [5, 5.41) is 0.447. The number of imidazole rings is 1. The molecule has 0 spiro atoms. The van der Waals surface area contributed by atoms with Gasteiger partial charge in [0.2, 0.25) is 0 Å². The van der Waals surface area contributed by atoms with Crippen molar-refractivity contribution in [3.63, 3.8) is 0 Å². The Hall–Kier alpha value is -0.960. The zero-order chi connectivity index (χ0) is 10.1. The van der Waals surface area contributed by atoms with Gasteiger partial charge >= 0.3 is 0 Å². The third-order valence-corrected chi connectivity index (χ3v) is 3.37. The van der Waals surface area contributed by atoms with Gasteiger partial charge < -0.3 is 4.57 Å². The minimum Gasteiger partial charge on any atom is -0.316 e. The summed E-state index contributed by atoms with van der Waals surface area (Å²) < 4.78 is 2.28. The second-order valence-electron chi connectivity index (χ2n) is 3.35. The highest BCUT2D eigenvalue weighted by atomic mass is 32.2. The molecule has 1 heterocycles. The molecule has 0 saturated carbocycles. The maximum absolute atomic E-state index is 4.53. The Labute approximate surface area is 88.3 Å². The van der Waals surface area contributed by atoms with Crippen molar-refractivity contribution in [3.8, 4) is 0 Å². The molecule has 3 heteroatoms. The van der Waals surface area contributed by atoms with E-state index in [2.05, 4.69) is 47.9 Å². The van der Waals surface area contributed by atoms with E-state index in [1.54, 1.807) is 0 Å². The highest BCUT2D eigenvalue weighted by Gasteiger charge is 2.10. The van der Waals surface area contributed by atoms with Gasteiger partial charge in [-0.1, -0.05) is 12.1 Å². The van der Waals surface area contributed by atoms with Crippen LogP contribution in [0.5, 0.6) is 0 Å². The lowest BCUT2D eigenvalue weighted by atomic mass is 10.3. The fourth-order valence-corrected chi connectivity index (χ4v) is 2.21. The molecule has 1 atom stereocenters. The van der Waals surface area contributed by atoms with Crippen LogP contribution in [0.25, 0.3) is 11.0 Å². The van der Waals surface area contributed by atoms with Gasteiger partial charge in [-0.3, -0.25) is 0 Å². The molecule has 14 heavy (non-hydrogen) atoms. The molecule has 2 nitrogen and oxygen atoms in total. The summed E-state index contributed by atoms with van der Waals surface area (Å²) in [5.41, 5.74) is 2.32. The standard InChI is InChI=1S/C11H14N2S/c1-8-12-10-6-4-5-7-11(10)13(8)9(2)14-3/h4-7,9H,1-3H3. The molecule has 1 unspecified atom stereocenters. The number of hydrogen-bond acceptors (Lipinski definition) is 2. The summed E-state index contributed by atoms with van der Waals surface area (Å²) in [6.45, 7) is 4.26. The lowest BCUT2D eigenvalue weighted by Crippen LogP contribution is -2.02. The fraction of sp³-hybridized carbons (Fsp3) is 0.364. The van der Waals surface area contributed by atoms with Gasteiger partial charge in [0.05, 0.1) is 16.4 Å². The highest BCUT2D eigenvalue weighted by Crippen LogP contribution is 2.26. The first-order valence-corrected chi connectivity index (χ1v) is 5.99. The minimum atomic E-state index is 0.447. The Kier molecular flexibility index (Phi) is 2.50. The van der Waals surface area contributed by atoms with E-state index in [1.165, 1.54) is 5.52 Å². The van der Waals surface area contributed by atoms with Crippen molar-refractivity contribution in [1.29, 1.82) is 0 Å². The van der Waals surface area contributed by atoms with Gasteiger partial charge in [-0.05, 0) is 32.2 Å². The Balaban J connectivity index is 2.67. The van der Waals surface area contributed by atoms with Gasteiger partial charge in [0, 0.05) is 0 Å². The number of rotatable bonds is 2. The topological polar surface area (TPSA) is 17.8 Å². The van der Waals surface area contributed by atoms with Crippen LogP contribution in [0.1, 0.15) is 18.1 Å². The van der Waals surface area contributed by atoms with Crippen LogP contribution in [0.15, 0.2) is 24.3 Å². The van der Waals surface area contributed by atoms with Gasteiger partial charge in [0.1, 0.15) is 5.82 Å². The average Bonchev–Trinajstić information content (AvgIpc) is 2.53. The van der Waals surface area contributed by atoms with Crippen LogP contribution in [0.3, 0.4) is 0 Å². The monoisotopic (exact) mass is 206 g/mol. The summed E-state index contributed by atoms with van der Waals surface area (Å²) in [6.07, 6.45) is 2.12. The molecule has 0 bridgehead atoms. The number of hydrogen-bond donors (Lipinski definition) is 0. The average molecular weight is 206 g/mol. The summed E-state index contributed by atoms with van der Waals surface area (Å²) >= 11 is 1.83. The van der Waals surface area contributed by atoms with Crippen LogP contribution < -0.4 is 0 Å². The number of aromatic nitrogens is 2. The Morgan fingerprint density at radius 1 is 1.36 bits per heavy atom. The molecule has 0 aliphatic heterocycles. The minimum absolute atomic E-state index is 0.447. The van der Waals surface area contributed by atoms with Crippen molar-refractivity contribution in [2.24, 2.45) is 0 Å². The molecule has 2 rings (SSSR count). The number of fused-ring (bicyclic) bond motifs is 1. The van der Waals surface area contributed by atoms with Crippen LogP contribution in [-0.2, 0) is 0 Å². The Bertz CT molecular complexity index is 447. The van der Waals surface area contributed by atoms with E-state index in [-0.39, 0.29) is 0 Å². The quantitative estimate of drug-likeness (QED) is 0.750.